The number of piperidine rings is 1. The lowest BCUT2D eigenvalue weighted by molar-refractivity contribution is -0.134. The molecule has 2 atom stereocenters. The molecule has 1 fully saturated rings. The van der Waals surface area contributed by atoms with E-state index in [0.717, 1.165) is 24.4 Å². The summed E-state index contributed by atoms with van der Waals surface area (Å²) in [5, 5.41) is 10.0. The molecule has 4 heteroatoms. The summed E-state index contributed by atoms with van der Waals surface area (Å²) in [5.74, 6) is 1.04. The molecular weight excluding hydrogens is 298 g/mol. The first-order valence-electron chi connectivity index (χ1n) is 8.15. The van der Waals surface area contributed by atoms with Crippen LogP contribution in [0.25, 0.3) is 0 Å². The molecule has 0 radical (unpaired) electrons. The number of hydrogen-bond donors (Lipinski definition) is 1. The van der Waals surface area contributed by atoms with Crippen LogP contribution >= 0.6 is 11.6 Å². The van der Waals surface area contributed by atoms with Gasteiger partial charge >= 0.3 is 0 Å². The van der Waals surface area contributed by atoms with Gasteiger partial charge in [-0.15, -0.1) is 0 Å². The van der Waals surface area contributed by atoms with Crippen LogP contribution in [0, 0.1) is 11.8 Å². The maximum Gasteiger partial charge on any atom is 0.223 e. The Balaban J connectivity index is 2.04. The van der Waals surface area contributed by atoms with Gasteiger partial charge in [0.2, 0.25) is 5.91 Å². The Kier molecular flexibility index (Phi) is 6.27. The summed E-state index contributed by atoms with van der Waals surface area (Å²) in [7, 11) is 0. The highest BCUT2D eigenvalue weighted by molar-refractivity contribution is 6.30. The first-order chi connectivity index (χ1) is 10.5. The SMILES string of the molecule is CC(C)C(CC(=O)N1CCCC(CO)C1)c1ccc(Cl)cc1. The van der Waals surface area contributed by atoms with Gasteiger partial charge < -0.3 is 10.0 Å². The minimum atomic E-state index is 0.175. The number of aliphatic hydroxyl groups is 1. The van der Waals surface area contributed by atoms with Crippen LogP contribution in [0.15, 0.2) is 24.3 Å². The van der Waals surface area contributed by atoms with E-state index < -0.39 is 0 Å². The monoisotopic (exact) mass is 323 g/mol. The summed E-state index contributed by atoms with van der Waals surface area (Å²) in [5.41, 5.74) is 1.17. The molecule has 122 valence electrons. The van der Waals surface area contributed by atoms with Gasteiger partial charge in [-0.2, -0.15) is 0 Å². The molecule has 0 spiro atoms. The summed E-state index contributed by atoms with van der Waals surface area (Å²) < 4.78 is 0. The molecular formula is C18H26ClNO2. The second-order valence-electron chi connectivity index (χ2n) is 6.64. The number of rotatable bonds is 5. The van der Waals surface area contributed by atoms with E-state index in [2.05, 4.69) is 13.8 Å². The molecule has 1 aliphatic heterocycles. The van der Waals surface area contributed by atoms with Gasteiger partial charge in [-0.3, -0.25) is 4.79 Å². The number of nitrogens with zero attached hydrogens (tertiary/aromatic N) is 1. The summed E-state index contributed by atoms with van der Waals surface area (Å²) in [6.45, 7) is 5.99. The van der Waals surface area contributed by atoms with Crippen LogP contribution in [-0.2, 0) is 4.79 Å². The van der Waals surface area contributed by atoms with Crippen LogP contribution in [0.1, 0.15) is 44.6 Å². The van der Waals surface area contributed by atoms with Crippen molar-refractivity contribution in [3.8, 4) is 0 Å². The van der Waals surface area contributed by atoms with Gasteiger partial charge in [0.25, 0.3) is 0 Å². The average molecular weight is 324 g/mol. The van der Waals surface area contributed by atoms with Crippen LogP contribution < -0.4 is 0 Å². The molecule has 22 heavy (non-hydrogen) atoms. The van der Waals surface area contributed by atoms with Crippen molar-refractivity contribution in [3.05, 3.63) is 34.9 Å². The third-order valence-corrected chi connectivity index (χ3v) is 4.88. The zero-order valence-electron chi connectivity index (χ0n) is 13.5. The topological polar surface area (TPSA) is 40.5 Å². The van der Waals surface area contributed by atoms with E-state index in [1.54, 1.807) is 0 Å². The van der Waals surface area contributed by atoms with E-state index in [1.165, 1.54) is 5.56 Å². The lowest BCUT2D eigenvalue weighted by Crippen LogP contribution is -2.41. The van der Waals surface area contributed by atoms with E-state index >= 15 is 0 Å². The third kappa shape index (κ3) is 4.47. The Morgan fingerprint density at radius 1 is 1.36 bits per heavy atom. The van der Waals surface area contributed by atoms with Gasteiger partial charge in [-0.25, -0.2) is 0 Å². The molecule has 1 aromatic carbocycles. The third-order valence-electron chi connectivity index (χ3n) is 4.63. The minimum absolute atomic E-state index is 0.175. The van der Waals surface area contributed by atoms with E-state index in [4.69, 9.17) is 11.6 Å². The Labute approximate surface area is 138 Å². The summed E-state index contributed by atoms with van der Waals surface area (Å²) in [6.07, 6.45) is 2.53. The van der Waals surface area contributed by atoms with Crippen LogP contribution in [0.2, 0.25) is 5.02 Å². The van der Waals surface area contributed by atoms with Crippen molar-refractivity contribution in [2.75, 3.05) is 19.7 Å². The number of likely N-dealkylation sites (tertiary alicyclic amines) is 1. The molecule has 2 rings (SSSR count). The second-order valence-corrected chi connectivity index (χ2v) is 7.07. The predicted octanol–water partition coefficient (Wildman–Crippen LogP) is 3.70. The zero-order chi connectivity index (χ0) is 16.1. The first kappa shape index (κ1) is 17.3. The molecule has 0 aliphatic carbocycles. The fourth-order valence-electron chi connectivity index (χ4n) is 3.21. The molecule has 1 N–H and O–H groups in total. The molecule has 3 nitrogen and oxygen atoms in total. The van der Waals surface area contributed by atoms with E-state index in [0.29, 0.717) is 18.9 Å². The fraction of sp³-hybridized carbons (Fsp3) is 0.611. The molecule has 1 amide bonds. The second kappa shape index (κ2) is 7.98. The molecule has 1 saturated heterocycles. The van der Waals surface area contributed by atoms with Crippen molar-refractivity contribution in [2.45, 2.75) is 39.0 Å². The Hall–Kier alpha value is -1.06. The quantitative estimate of drug-likeness (QED) is 0.897. The van der Waals surface area contributed by atoms with E-state index in [1.807, 2.05) is 29.2 Å². The Bertz CT molecular complexity index is 486. The van der Waals surface area contributed by atoms with E-state index in [9.17, 15) is 9.90 Å². The van der Waals surface area contributed by atoms with Gasteiger partial charge in [-0.1, -0.05) is 37.6 Å². The standard InChI is InChI=1S/C18H26ClNO2/c1-13(2)17(15-5-7-16(19)8-6-15)10-18(22)20-9-3-4-14(11-20)12-21/h5-8,13-14,17,21H,3-4,9-12H2,1-2H3. The number of hydrogen-bond acceptors (Lipinski definition) is 2. The smallest absolute Gasteiger partial charge is 0.223 e. The highest BCUT2D eigenvalue weighted by atomic mass is 35.5. The summed E-state index contributed by atoms with van der Waals surface area (Å²) in [6, 6.07) is 7.82. The van der Waals surface area contributed by atoms with Crippen LogP contribution in [-0.4, -0.2) is 35.6 Å². The van der Waals surface area contributed by atoms with Gasteiger partial charge in [-0.05, 0) is 48.3 Å². The number of benzene rings is 1. The first-order valence-corrected chi connectivity index (χ1v) is 8.53. The van der Waals surface area contributed by atoms with Gasteiger partial charge in [0, 0.05) is 31.1 Å². The average Bonchev–Trinajstić information content (AvgIpc) is 2.53. The Morgan fingerprint density at radius 3 is 2.64 bits per heavy atom. The molecule has 0 aromatic heterocycles. The highest BCUT2D eigenvalue weighted by Crippen LogP contribution is 2.30. The van der Waals surface area contributed by atoms with E-state index in [-0.39, 0.29) is 24.3 Å². The van der Waals surface area contributed by atoms with Crippen molar-refractivity contribution in [1.82, 2.24) is 4.90 Å². The maximum atomic E-state index is 12.6. The van der Waals surface area contributed by atoms with Crippen molar-refractivity contribution in [1.29, 1.82) is 0 Å². The maximum absolute atomic E-state index is 12.6. The van der Waals surface area contributed by atoms with Crippen LogP contribution in [0.4, 0.5) is 0 Å². The molecule has 1 aliphatic rings. The number of amides is 1. The van der Waals surface area contributed by atoms with Crippen LogP contribution in [0.3, 0.4) is 0 Å². The minimum Gasteiger partial charge on any atom is -0.396 e. The fourth-order valence-corrected chi connectivity index (χ4v) is 3.33. The number of carbonyl (C=O) groups is 1. The van der Waals surface area contributed by atoms with Crippen molar-refractivity contribution in [3.63, 3.8) is 0 Å². The number of aliphatic hydroxyl groups excluding tert-OH is 1. The predicted molar refractivity (Wildman–Crippen MR) is 90.0 cm³/mol. The molecule has 0 bridgehead atoms. The Morgan fingerprint density at radius 2 is 2.05 bits per heavy atom. The highest BCUT2D eigenvalue weighted by Gasteiger charge is 2.26. The van der Waals surface area contributed by atoms with Gasteiger partial charge in [0.1, 0.15) is 0 Å². The number of halogens is 1. The van der Waals surface area contributed by atoms with Crippen LogP contribution in [0.5, 0.6) is 0 Å². The summed E-state index contributed by atoms with van der Waals surface area (Å²) >= 11 is 5.96. The molecule has 1 aromatic rings. The lowest BCUT2D eigenvalue weighted by atomic mass is 9.85. The molecule has 0 saturated carbocycles. The largest absolute Gasteiger partial charge is 0.396 e. The summed E-state index contributed by atoms with van der Waals surface area (Å²) in [4.78, 5) is 14.6. The van der Waals surface area contributed by atoms with Crippen molar-refractivity contribution >= 4 is 17.5 Å². The zero-order valence-corrected chi connectivity index (χ0v) is 14.2. The number of carbonyl (C=O) groups excluding carboxylic acids is 1. The molecule has 1 heterocycles. The van der Waals surface area contributed by atoms with Gasteiger partial charge in [0.15, 0.2) is 0 Å². The van der Waals surface area contributed by atoms with Crippen molar-refractivity contribution < 1.29 is 9.90 Å². The van der Waals surface area contributed by atoms with Gasteiger partial charge in [0.05, 0.1) is 0 Å². The normalized spacial score (nSPS) is 20.2. The lowest BCUT2D eigenvalue weighted by Gasteiger charge is -2.33. The van der Waals surface area contributed by atoms with Crippen molar-refractivity contribution in [2.24, 2.45) is 11.8 Å². The molecule has 2 unspecified atom stereocenters.